The Kier molecular flexibility index (Phi) is 8.06. The summed E-state index contributed by atoms with van der Waals surface area (Å²) in [5.74, 6) is 0. The Morgan fingerprint density at radius 3 is 2.20 bits per heavy atom. The summed E-state index contributed by atoms with van der Waals surface area (Å²) in [4.78, 5) is 0. The number of rotatable bonds is 6. The maximum Gasteiger partial charge on any atom is 0.0621 e. The topological polar surface area (TPSA) is 23.8 Å². The van der Waals surface area contributed by atoms with Crippen LogP contribution >= 0.6 is 0 Å². The molecule has 0 aromatic heterocycles. The Morgan fingerprint density at radius 2 is 1.60 bits per heavy atom. The van der Waals surface area contributed by atoms with Crippen molar-refractivity contribution in [3.63, 3.8) is 0 Å². The highest BCUT2D eigenvalue weighted by molar-refractivity contribution is 4.67. The van der Waals surface area contributed by atoms with Crippen LogP contribution in [0, 0.1) is 18.3 Å². The van der Waals surface area contributed by atoms with Gasteiger partial charge in [-0.15, -0.1) is 0 Å². The van der Waals surface area contributed by atoms with E-state index in [1.54, 1.807) is 0 Å². The van der Waals surface area contributed by atoms with E-state index in [1.165, 1.54) is 25.7 Å². The second-order valence-electron chi connectivity index (χ2n) is 2.53. The third-order valence-electron chi connectivity index (χ3n) is 1.54. The van der Waals surface area contributed by atoms with Gasteiger partial charge in [0.25, 0.3) is 0 Å². The normalized spacial score (nSPS) is 9.20. The first-order chi connectivity index (χ1) is 4.91. The van der Waals surface area contributed by atoms with Crippen molar-refractivity contribution in [3.05, 3.63) is 6.92 Å². The number of nitrogens with zero attached hydrogens (tertiary/aromatic N) is 1. The molecule has 0 fully saturated rings. The summed E-state index contributed by atoms with van der Waals surface area (Å²) in [7, 11) is 0. The van der Waals surface area contributed by atoms with Crippen molar-refractivity contribution in [1.82, 2.24) is 0 Å². The van der Waals surface area contributed by atoms with Crippen LogP contribution in [0.1, 0.15) is 44.9 Å². The van der Waals surface area contributed by atoms with Crippen molar-refractivity contribution in [2.75, 3.05) is 0 Å². The van der Waals surface area contributed by atoms with Gasteiger partial charge in [-0.05, 0) is 6.42 Å². The lowest BCUT2D eigenvalue weighted by Gasteiger charge is -1.95. The lowest BCUT2D eigenvalue weighted by Crippen LogP contribution is -1.77. The Hall–Kier alpha value is -0.510. The molecule has 0 N–H and O–H groups in total. The predicted octanol–water partition coefficient (Wildman–Crippen LogP) is 3.07. The highest BCUT2D eigenvalue weighted by Crippen LogP contribution is 2.05. The summed E-state index contributed by atoms with van der Waals surface area (Å²) in [6, 6.07) is 2.15. The fraction of sp³-hybridized carbons (Fsp3) is 0.778. The van der Waals surface area contributed by atoms with E-state index in [0.717, 1.165) is 19.3 Å². The largest absolute Gasteiger partial charge is 0.198 e. The van der Waals surface area contributed by atoms with Crippen LogP contribution < -0.4 is 0 Å². The third kappa shape index (κ3) is 7.49. The van der Waals surface area contributed by atoms with Crippen LogP contribution in [-0.4, -0.2) is 0 Å². The maximum absolute atomic E-state index is 8.21. The molecule has 10 heavy (non-hydrogen) atoms. The van der Waals surface area contributed by atoms with E-state index >= 15 is 0 Å². The van der Waals surface area contributed by atoms with Crippen molar-refractivity contribution in [2.24, 2.45) is 0 Å². The lowest BCUT2D eigenvalue weighted by atomic mass is 10.1. The number of hydrogen-bond donors (Lipinski definition) is 0. The first-order valence-corrected chi connectivity index (χ1v) is 4.08. The summed E-state index contributed by atoms with van der Waals surface area (Å²) in [5, 5.41) is 8.21. The molecular formula is C9H16N. The van der Waals surface area contributed by atoms with Gasteiger partial charge in [-0.1, -0.05) is 39.0 Å². The van der Waals surface area contributed by atoms with Gasteiger partial charge in [0.2, 0.25) is 0 Å². The van der Waals surface area contributed by atoms with Gasteiger partial charge in [0.1, 0.15) is 0 Å². The van der Waals surface area contributed by atoms with Crippen molar-refractivity contribution in [1.29, 1.82) is 5.26 Å². The summed E-state index contributed by atoms with van der Waals surface area (Å²) >= 11 is 0. The minimum absolute atomic E-state index is 0.727. The van der Waals surface area contributed by atoms with E-state index in [-0.39, 0.29) is 0 Å². The van der Waals surface area contributed by atoms with Crippen LogP contribution in [0.15, 0.2) is 0 Å². The summed E-state index contributed by atoms with van der Waals surface area (Å²) < 4.78 is 0. The van der Waals surface area contributed by atoms with Crippen molar-refractivity contribution >= 4 is 0 Å². The maximum atomic E-state index is 8.21. The van der Waals surface area contributed by atoms with Gasteiger partial charge in [-0.3, -0.25) is 0 Å². The lowest BCUT2D eigenvalue weighted by molar-refractivity contribution is 0.623. The third-order valence-corrected chi connectivity index (χ3v) is 1.54. The van der Waals surface area contributed by atoms with Gasteiger partial charge in [0.05, 0.1) is 6.07 Å². The zero-order valence-corrected chi connectivity index (χ0v) is 6.60. The van der Waals surface area contributed by atoms with E-state index in [2.05, 4.69) is 13.0 Å². The quantitative estimate of drug-likeness (QED) is 0.517. The van der Waals surface area contributed by atoms with Crippen molar-refractivity contribution in [2.45, 2.75) is 44.9 Å². The highest BCUT2D eigenvalue weighted by Gasteiger charge is 1.87. The minimum atomic E-state index is 0.727. The van der Waals surface area contributed by atoms with Crippen LogP contribution in [0.2, 0.25) is 0 Å². The first-order valence-electron chi connectivity index (χ1n) is 4.08. The standard InChI is InChI=1S/C9H16N/c1-2-3-4-5-6-7-8-9-10/h1-8H2. The second-order valence-corrected chi connectivity index (χ2v) is 2.53. The molecule has 0 saturated heterocycles. The van der Waals surface area contributed by atoms with Crippen molar-refractivity contribution < 1.29 is 0 Å². The number of unbranched alkanes of at least 4 members (excludes halogenated alkanes) is 6. The molecule has 57 valence electrons. The van der Waals surface area contributed by atoms with E-state index in [4.69, 9.17) is 5.26 Å². The molecule has 0 aromatic rings. The molecule has 1 heteroatoms. The van der Waals surface area contributed by atoms with Crippen LogP contribution in [0.5, 0.6) is 0 Å². The Labute approximate surface area is 64.1 Å². The van der Waals surface area contributed by atoms with Crippen LogP contribution in [-0.2, 0) is 0 Å². The Morgan fingerprint density at radius 1 is 1.00 bits per heavy atom. The van der Waals surface area contributed by atoms with E-state index in [0.29, 0.717) is 0 Å². The smallest absolute Gasteiger partial charge is 0.0621 e. The first kappa shape index (κ1) is 9.49. The monoisotopic (exact) mass is 138 g/mol. The van der Waals surface area contributed by atoms with Gasteiger partial charge in [-0.25, -0.2) is 0 Å². The van der Waals surface area contributed by atoms with Crippen molar-refractivity contribution in [3.8, 4) is 6.07 Å². The zero-order chi connectivity index (χ0) is 7.66. The van der Waals surface area contributed by atoms with Gasteiger partial charge in [-0.2, -0.15) is 5.26 Å². The van der Waals surface area contributed by atoms with Gasteiger partial charge in [0.15, 0.2) is 0 Å². The molecule has 1 nitrogen and oxygen atoms in total. The van der Waals surface area contributed by atoms with Crippen LogP contribution in [0.25, 0.3) is 0 Å². The molecule has 1 radical (unpaired) electrons. The van der Waals surface area contributed by atoms with E-state index < -0.39 is 0 Å². The Bertz CT molecular complexity index is 91.4. The SMILES string of the molecule is [CH2]CCCCCCCC#N. The molecule has 0 bridgehead atoms. The van der Waals surface area contributed by atoms with Gasteiger partial charge >= 0.3 is 0 Å². The van der Waals surface area contributed by atoms with E-state index in [1.807, 2.05) is 0 Å². The molecule has 0 rings (SSSR count). The summed E-state index contributed by atoms with van der Waals surface area (Å²) in [5.41, 5.74) is 0. The van der Waals surface area contributed by atoms with E-state index in [9.17, 15) is 0 Å². The fourth-order valence-electron chi connectivity index (χ4n) is 0.911. The van der Waals surface area contributed by atoms with Gasteiger partial charge in [0, 0.05) is 6.42 Å². The zero-order valence-electron chi connectivity index (χ0n) is 6.60. The second kappa shape index (κ2) is 8.49. The minimum Gasteiger partial charge on any atom is -0.198 e. The molecule has 0 amide bonds. The molecule has 0 aromatic carbocycles. The number of hydrogen-bond acceptors (Lipinski definition) is 1. The molecule has 0 atom stereocenters. The molecule has 0 aliphatic rings. The molecule has 0 unspecified atom stereocenters. The molecule has 0 aliphatic heterocycles. The fourth-order valence-corrected chi connectivity index (χ4v) is 0.911. The summed E-state index contributed by atoms with van der Waals surface area (Å²) in [6.45, 7) is 3.77. The molecule has 0 spiro atoms. The molecule has 0 heterocycles. The molecule has 0 aliphatic carbocycles. The average Bonchev–Trinajstić information content (AvgIpc) is 1.97. The average molecular weight is 138 g/mol. The predicted molar refractivity (Wildman–Crippen MR) is 43.3 cm³/mol. The van der Waals surface area contributed by atoms with Crippen LogP contribution in [0.4, 0.5) is 0 Å². The van der Waals surface area contributed by atoms with Gasteiger partial charge < -0.3 is 0 Å². The summed E-state index contributed by atoms with van der Waals surface area (Å²) in [6.07, 6.45) is 7.88. The Balaban J connectivity index is 2.72. The van der Waals surface area contributed by atoms with Crippen LogP contribution in [0.3, 0.4) is 0 Å². The highest BCUT2D eigenvalue weighted by atomic mass is 14.2. The molecular weight excluding hydrogens is 122 g/mol. The molecule has 0 saturated carbocycles. The number of nitriles is 1.